The fourth-order valence-electron chi connectivity index (χ4n) is 3.67. The van der Waals surface area contributed by atoms with Gasteiger partial charge in [-0.25, -0.2) is 18.2 Å². The van der Waals surface area contributed by atoms with Crippen molar-refractivity contribution in [3.05, 3.63) is 46.7 Å². The highest BCUT2D eigenvalue weighted by Crippen LogP contribution is 2.42. The van der Waals surface area contributed by atoms with Crippen LogP contribution >= 0.6 is 0 Å². The first-order valence-corrected chi connectivity index (χ1v) is 9.35. The first-order chi connectivity index (χ1) is 13.3. The lowest BCUT2D eigenvalue weighted by molar-refractivity contribution is -0.133. The van der Waals surface area contributed by atoms with Crippen LogP contribution in [0.5, 0.6) is 0 Å². The topological polar surface area (TPSA) is 90.2 Å². The molecule has 1 saturated carbocycles. The molecule has 2 heterocycles. The van der Waals surface area contributed by atoms with Crippen molar-refractivity contribution < 1.29 is 18.0 Å². The van der Waals surface area contributed by atoms with Crippen molar-refractivity contribution in [3.63, 3.8) is 0 Å². The molecule has 6 nitrogen and oxygen atoms in total. The van der Waals surface area contributed by atoms with E-state index in [-0.39, 0.29) is 24.3 Å². The Hall–Kier alpha value is -2.55. The second-order valence-corrected chi connectivity index (χ2v) is 7.57. The molecule has 1 aliphatic heterocycles. The number of hydrogen-bond acceptors (Lipinski definition) is 4. The van der Waals surface area contributed by atoms with Crippen LogP contribution < -0.4 is 11.5 Å². The molecule has 0 spiro atoms. The van der Waals surface area contributed by atoms with Crippen molar-refractivity contribution in [1.29, 1.82) is 0 Å². The molecule has 2 aliphatic rings. The van der Waals surface area contributed by atoms with Gasteiger partial charge in [0.1, 0.15) is 17.5 Å². The van der Waals surface area contributed by atoms with Gasteiger partial charge in [-0.3, -0.25) is 4.79 Å². The maximum atomic E-state index is 13.8. The number of nitrogen functional groups attached to an aromatic ring is 1. The average molecular weight is 393 g/mol. The lowest BCUT2D eigenvalue weighted by atomic mass is 10.0. The zero-order chi connectivity index (χ0) is 20.0. The summed E-state index contributed by atoms with van der Waals surface area (Å²) in [6.45, 7) is 1.41. The Bertz CT molecular complexity index is 925. The third kappa shape index (κ3) is 3.58. The molecule has 0 bridgehead atoms. The molecule has 1 aliphatic carbocycles. The Balaban J connectivity index is 1.39. The molecule has 1 aromatic heterocycles. The molecule has 4 rings (SSSR count). The summed E-state index contributed by atoms with van der Waals surface area (Å²) >= 11 is 0. The molecule has 9 heteroatoms. The molecule has 0 radical (unpaired) electrons. The number of nitrogens with zero attached hydrogens (tertiary/aromatic N) is 3. The van der Waals surface area contributed by atoms with Crippen LogP contribution in [0.15, 0.2) is 12.1 Å². The summed E-state index contributed by atoms with van der Waals surface area (Å²) in [4.78, 5) is 18.9. The van der Waals surface area contributed by atoms with Crippen molar-refractivity contribution in [3.8, 4) is 0 Å². The molecular weight excluding hydrogens is 371 g/mol. The smallest absolute Gasteiger partial charge is 0.224 e. The molecule has 1 fully saturated rings. The number of nitrogens with two attached hydrogens (primary N) is 2. The number of hydrogen-bond donors (Lipinski definition) is 2. The number of fused-ring (bicyclic) bond motifs is 1. The predicted octanol–water partition coefficient (Wildman–Crippen LogP) is 2.06. The lowest BCUT2D eigenvalue weighted by Crippen LogP contribution is -2.41. The minimum atomic E-state index is -1.25. The molecule has 1 aromatic carbocycles. The van der Waals surface area contributed by atoms with Gasteiger partial charge in [0.15, 0.2) is 11.6 Å². The highest BCUT2D eigenvalue weighted by molar-refractivity contribution is 5.77. The van der Waals surface area contributed by atoms with Crippen molar-refractivity contribution in [2.24, 2.45) is 5.73 Å². The highest BCUT2D eigenvalue weighted by atomic mass is 19.2. The van der Waals surface area contributed by atoms with Crippen molar-refractivity contribution >= 4 is 11.7 Å². The summed E-state index contributed by atoms with van der Waals surface area (Å²) in [5, 5.41) is 0. The van der Waals surface area contributed by atoms with Crippen LogP contribution in [0, 0.1) is 17.5 Å². The van der Waals surface area contributed by atoms with Gasteiger partial charge in [0.05, 0.1) is 12.2 Å². The predicted molar refractivity (Wildman–Crippen MR) is 96.6 cm³/mol. The van der Waals surface area contributed by atoms with E-state index in [2.05, 4.69) is 4.98 Å². The zero-order valence-electron chi connectivity index (χ0n) is 15.3. The largest absolute Gasteiger partial charge is 0.384 e. The van der Waals surface area contributed by atoms with E-state index in [9.17, 15) is 18.0 Å². The standard InChI is InChI=1S/C19H22F3N5O/c20-13-8-15(22)14(21)6-11(13)5-12(23)7-17(28)26-3-4-27-16(9-26)25-18(19(27)24)10-1-2-10/h6,8,10,12H,1-5,7,9,23-24H2/t12-/m1/s1. The number of amides is 1. The van der Waals surface area contributed by atoms with Gasteiger partial charge in [-0.05, 0) is 30.9 Å². The second-order valence-electron chi connectivity index (χ2n) is 7.57. The average Bonchev–Trinajstić information content (AvgIpc) is 3.43. The molecule has 150 valence electrons. The minimum Gasteiger partial charge on any atom is -0.384 e. The summed E-state index contributed by atoms with van der Waals surface area (Å²) < 4.78 is 42.1. The fraction of sp³-hybridized carbons (Fsp3) is 0.474. The van der Waals surface area contributed by atoms with E-state index in [0.29, 0.717) is 37.4 Å². The minimum absolute atomic E-state index is 0.0237. The maximum Gasteiger partial charge on any atom is 0.224 e. The van der Waals surface area contributed by atoms with Crippen LogP contribution in [0.3, 0.4) is 0 Å². The van der Waals surface area contributed by atoms with Gasteiger partial charge < -0.3 is 20.9 Å². The van der Waals surface area contributed by atoms with Gasteiger partial charge >= 0.3 is 0 Å². The second kappa shape index (κ2) is 7.12. The van der Waals surface area contributed by atoms with E-state index in [1.54, 1.807) is 4.90 Å². The quantitative estimate of drug-likeness (QED) is 0.761. The monoisotopic (exact) mass is 393 g/mol. The molecule has 28 heavy (non-hydrogen) atoms. The summed E-state index contributed by atoms with van der Waals surface area (Å²) in [7, 11) is 0. The first kappa shape index (κ1) is 18.8. The van der Waals surface area contributed by atoms with Crippen LogP contribution in [-0.4, -0.2) is 32.9 Å². The normalized spacial score (nSPS) is 17.5. The molecule has 1 amide bonds. The number of halogens is 3. The van der Waals surface area contributed by atoms with E-state index >= 15 is 0 Å². The maximum absolute atomic E-state index is 13.8. The Kier molecular flexibility index (Phi) is 4.78. The van der Waals surface area contributed by atoms with Crippen LogP contribution in [-0.2, 0) is 24.3 Å². The number of benzene rings is 1. The van der Waals surface area contributed by atoms with E-state index in [0.717, 1.165) is 30.4 Å². The number of rotatable bonds is 5. The Morgan fingerprint density at radius 3 is 2.61 bits per heavy atom. The van der Waals surface area contributed by atoms with Crippen LogP contribution in [0.4, 0.5) is 19.0 Å². The van der Waals surface area contributed by atoms with E-state index in [1.807, 2.05) is 4.57 Å². The van der Waals surface area contributed by atoms with Crippen LogP contribution in [0.2, 0.25) is 0 Å². The first-order valence-electron chi connectivity index (χ1n) is 9.35. The SMILES string of the molecule is Nc1c(C2CC2)nc2n1CCN(C(=O)C[C@H](N)Cc1cc(F)c(F)cc1F)C2. The number of carbonyl (C=O) groups excluding carboxylic acids is 1. The van der Waals surface area contributed by atoms with Gasteiger partial charge in [-0.1, -0.05) is 0 Å². The van der Waals surface area contributed by atoms with Gasteiger partial charge in [-0.2, -0.15) is 0 Å². The molecule has 0 unspecified atom stereocenters. The van der Waals surface area contributed by atoms with E-state index in [4.69, 9.17) is 11.5 Å². The molecule has 0 saturated heterocycles. The van der Waals surface area contributed by atoms with Crippen molar-refractivity contribution in [2.75, 3.05) is 12.3 Å². The van der Waals surface area contributed by atoms with Gasteiger partial charge in [0.2, 0.25) is 5.91 Å². The van der Waals surface area contributed by atoms with E-state index < -0.39 is 23.5 Å². The Morgan fingerprint density at radius 1 is 1.18 bits per heavy atom. The molecule has 4 N–H and O–H groups in total. The number of aromatic nitrogens is 2. The molecule has 2 aromatic rings. The molecular formula is C19H22F3N5O. The third-order valence-electron chi connectivity index (χ3n) is 5.37. The summed E-state index contributed by atoms with van der Waals surface area (Å²) in [5.74, 6) is -1.56. The number of carbonyl (C=O) groups is 1. The van der Waals surface area contributed by atoms with Crippen LogP contribution in [0.25, 0.3) is 0 Å². The number of anilines is 1. The fourth-order valence-corrected chi connectivity index (χ4v) is 3.67. The Morgan fingerprint density at radius 2 is 1.89 bits per heavy atom. The van der Waals surface area contributed by atoms with Gasteiger partial charge in [-0.15, -0.1) is 0 Å². The number of imidazole rings is 1. The highest BCUT2D eigenvalue weighted by Gasteiger charge is 2.33. The van der Waals surface area contributed by atoms with Crippen molar-refractivity contribution in [1.82, 2.24) is 14.5 Å². The lowest BCUT2D eigenvalue weighted by Gasteiger charge is -2.29. The van der Waals surface area contributed by atoms with Crippen molar-refractivity contribution in [2.45, 2.75) is 50.7 Å². The summed E-state index contributed by atoms with van der Waals surface area (Å²) in [5.41, 5.74) is 13.0. The van der Waals surface area contributed by atoms with Gasteiger partial charge in [0, 0.05) is 37.5 Å². The summed E-state index contributed by atoms with van der Waals surface area (Å²) in [6.07, 6.45) is 2.11. The summed E-state index contributed by atoms with van der Waals surface area (Å²) in [6, 6.07) is 0.570. The molecule has 1 atom stereocenters. The zero-order valence-corrected chi connectivity index (χ0v) is 15.3. The third-order valence-corrected chi connectivity index (χ3v) is 5.37. The Labute approximate surface area is 160 Å². The van der Waals surface area contributed by atoms with E-state index in [1.165, 1.54) is 0 Å². The van der Waals surface area contributed by atoms with Crippen LogP contribution in [0.1, 0.15) is 42.3 Å². The van der Waals surface area contributed by atoms with Gasteiger partial charge in [0.25, 0.3) is 0 Å².